The van der Waals surface area contributed by atoms with Crippen LogP contribution in [0.1, 0.15) is 6.42 Å². The molecular formula is C18H21N3O3S. The number of fused-ring (bicyclic) bond motifs is 2. The Labute approximate surface area is 147 Å². The van der Waals surface area contributed by atoms with Crippen LogP contribution >= 0.6 is 0 Å². The number of benzene rings is 1. The third kappa shape index (κ3) is 3.09. The summed E-state index contributed by atoms with van der Waals surface area (Å²) in [5.74, 6) is 1.14. The van der Waals surface area contributed by atoms with E-state index < -0.39 is 9.84 Å². The second-order valence-electron chi connectivity index (χ2n) is 6.67. The van der Waals surface area contributed by atoms with Gasteiger partial charge in [0, 0.05) is 31.9 Å². The van der Waals surface area contributed by atoms with Gasteiger partial charge in [0.25, 0.3) is 0 Å². The van der Waals surface area contributed by atoms with Crippen molar-refractivity contribution in [3.05, 3.63) is 42.7 Å². The molecule has 0 aliphatic carbocycles. The van der Waals surface area contributed by atoms with Gasteiger partial charge in [0.05, 0.1) is 28.8 Å². The standard InChI is InChI=1S/C18H21N3O3S/c1-24-16-3-2-4-17(7-16)25(22,23)18-6-15(9-19-10-18)21-11-13-5-14(12-21)20-8-13/h2-4,6-7,9-10,13-14,20H,5,8,11-12H2,1H3. The van der Waals surface area contributed by atoms with Crippen molar-refractivity contribution in [2.24, 2.45) is 5.92 Å². The van der Waals surface area contributed by atoms with Crippen molar-refractivity contribution in [1.29, 1.82) is 0 Å². The normalized spacial score (nSPS) is 22.8. The van der Waals surface area contributed by atoms with Gasteiger partial charge in [-0.3, -0.25) is 4.98 Å². The number of nitrogens with one attached hydrogen (secondary N) is 1. The lowest BCUT2D eigenvalue weighted by molar-refractivity contribution is 0.413. The molecule has 0 radical (unpaired) electrons. The van der Waals surface area contributed by atoms with Gasteiger partial charge in [-0.1, -0.05) is 6.07 Å². The summed E-state index contributed by atoms with van der Waals surface area (Å²) in [4.78, 5) is 6.85. The number of nitrogens with zero attached hydrogens (tertiary/aromatic N) is 2. The molecule has 4 rings (SSSR count). The highest BCUT2D eigenvalue weighted by molar-refractivity contribution is 7.91. The van der Waals surface area contributed by atoms with Crippen LogP contribution in [0.2, 0.25) is 0 Å². The largest absolute Gasteiger partial charge is 0.497 e. The first kappa shape index (κ1) is 16.4. The minimum absolute atomic E-state index is 0.212. The summed E-state index contributed by atoms with van der Waals surface area (Å²) < 4.78 is 31.0. The van der Waals surface area contributed by atoms with Crippen LogP contribution in [0, 0.1) is 5.92 Å². The summed E-state index contributed by atoms with van der Waals surface area (Å²) >= 11 is 0. The molecule has 3 heterocycles. The van der Waals surface area contributed by atoms with Gasteiger partial charge in [0.2, 0.25) is 9.84 Å². The number of hydrogen-bond acceptors (Lipinski definition) is 6. The van der Waals surface area contributed by atoms with E-state index in [0.717, 1.165) is 25.3 Å². The minimum Gasteiger partial charge on any atom is -0.497 e. The molecule has 2 aromatic rings. The molecule has 2 fully saturated rings. The van der Waals surface area contributed by atoms with Crippen LogP contribution in [0.25, 0.3) is 0 Å². The zero-order valence-corrected chi connectivity index (χ0v) is 14.9. The van der Waals surface area contributed by atoms with Crippen molar-refractivity contribution in [2.45, 2.75) is 22.3 Å². The molecule has 7 heteroatoms. The Bertz CT molecular complexity index is 873. The Morgan fingerprint density at radius 3 is 2.88 bits per heavy atom. The molecule has 25 heavy (non-hydrogen) atoms. The van der Waals surface area contributed by atoms with Crippen molar-refractivity contribution in [1.82, 2.24) is 10.3 Å². The lowest BCUT2D eigenvalue weighted by atomic mass is 10.00. The maximum atomic E-state index is 13.0. The van der Waals surface area contributed by atoms with E-state index >= 15 is 0 Å². The average Bonchev–Trinajstić information content (AvgIpc) is 2.99. The lowest BCUT2D eigenvalue weighted by Crippen LogP contribution is -2.41. The highest BCUT2D eigenvalue weighted by atomic mass is 32.2. The van der Waals surface area contributed by atoms with Crippen molar-refractivity contribution in [2.75, 3.05) is 31.6 Å². The molecule has 2 saturated heterocycles. The van der Waals surface area contributed by atoms with Crippen LogP contribution in [0.5, 0.6) is 5.75 Å². The van der Waals surface area contributed by atoms with Gasteiger partial charge in [-0.2, -0.15) is 0 Å². The van der Waals surface area contributed by atoms with Crippen LogP contribution in [0.4, 0.5) is 5.69 Å². The minimum atomic E-state index is -3.63. The van der Waals surface area contributed by atoms with Crippen LogP contribution in [0.3, 0.4) is 0 Å². The number of anilines is 1. The first-order valence-electron chi connectivity index (χ1n) is 8.39. The Hall–Kier alpha value is -2.12. The molecule has 0 amide bonds. The van der Waals surface area contributed by atoms with E-state index in [-0.39, 0.29) is 9.79 Å². The number of hydrogen-bond donors (Lipinski definition) is 1. The second kappa shape index (κ2) is 6.31. The Kier molecular flexibility index (Phi) is 4.13. The summed E-state index contributed by atoms with van der Waals surface area (Å²) in [5.41, 5.74) is 0.863. The maximum absolute atomic E-state index is 13.0. The van der Waals surface area contributed by atoms with Crippen molar-refractivity contribution in [3.8, 4) is 5.75 Å². The van der Waals surface area contributed by atoms with Gasteiger partial charge in [0.1, 0.15) is 5.75 Å². The van der Waals surface area contributed by atoms with Crippen LogP contribution in [-0.4, -0.2) is 46.2 Å². The fourth-order valence-corrected chi connectivity index (χ4v) is 4.95. The fourth-order valence-electron chi connectivity index (χ4n) is 3.68. The predicted octanol–water partition coefficient (Wildman–Crippen LogP) is 1.72. The number of piperidine rings is 1. The topological polar surface area (TPSA) is 71.5 Å². The molecule has 1 aromatic heterocycles. The number of methoxy groups -OCH3 is 1. The third-order valence-electron chi connectivity index (χ3n) is 4.96. The summed E-state index contributed by atoms with van der Waals surface area (Å²) in [5, 5.41) is 3.51. The molecule has 2 unspecified atom stereocenters. The molecular weight excluding hydrogens is 338 g/mol. The Balaban J connectivity index is 1.66. The second-order valence-corrected chi connectivity index (χ2v) is 8.62. The van der Waals surface area contributed by atoms with E-state index in [1.54, 1.807) is 30.5 Å². The zero-order chi connectivity index (χ0) is 17.4. The molecule has 2 bridgehead atoms. The molecule has 2 aliphatic heterocycles. The predicted molar refractivity (Wildman–Crippen MR) is 94.8 cm³/mol. The number of rotatable bonds is 4. The number of aromatic nitrogens is 1. The highest BCUT2D eigenvalue weighted by Gasteiger charge is 2.33. The molecule has 1 N–H and O–H groups in total. The monoisotopic (exact) mass is 359 g/mol. The molecule has 0 spiro atoms. The molecule has 2 atom stereocenters. The summed E-state index contributed by atoms with van der Waals surface area (Å²) in [7, 11) is -2.11. The first-order chi connectivity index (χ1) is 12.1. The SMILES string of the molecule is COc1cccc(S(=O)(=O)c2cncc(N3CC4CNC(C4)C3)c2)c1. The summed E-state index contributed by atoms with van der Waals surface area (Å²) in [6, 6.07) is 8.73. The van der Waals surface area contributed by atoms with E-state index in [2.05, 4.69) is 15.2 Å². The van der Waals surface area contributed by atoms with E-state index in [1.165, 1.54) is 25.8 Å². The van der Waals surface area contributed by atoms with Gasteiger partial charge < -0.3 is 15.0 Å². The molecule has 2 aliphatic rings. The van der Waals surface area contributed by atoms with Crippen LogP contribution in [0.15, 0.2) is 52.5 Å². The quantitative estimate of drug-likeness (QED) is 0.896. The smallest absolute Gasteiger partial charge is 0.208 e. The third-order valence-corrected chi connectivity index (χ3v) is 6.68. The highest BCUT2D eigenvalue weighted by Crippen LogP contribution is 2.30. The van der Waals surface area contributed by atoms with Crippen molar-refractivity contribution >= 4 is 15.5 Å². The Morgan fingerprint density at radius 1 is 1.20 bits per heavy atom. The average molecular weight is 359 g/mol. The van der Waals surface area contributed by atoms with Crippen molar-refractivity contribution in [3.63, 3.8) is 0 Å². The van der Waals surface area contributed by atoms with Crippen LogP contribution < -0.4 is 15.0 Å². The number of sulfone groups is 1. The van der Waals surface area contributed by atoms with Gasteiger partial charge >= 0.3 is 0 Å². The van der Waals surface area contributed by atoms with E-state index in [0.29, 0.717) is 17.7 Å². The first-order valence-corrected chi connectivity index (χ1v) is 9.87. The molecule has 1 aromatic carbocycles. The zero-order valence-electron chi connectivity index (χ0n) is 14.1. The molecule has 0 saturated carbocycles. The van der Waals surface area contributed by atoms with Gasteiger partial charge in [-0.15, -0.1) is 0 Å². The summed E-state index contributed by atoms with van der Waals surface area (Å²) in [6.07, 6.45) is 4.36. The number of pyridine rings is 1. The summed E-state index contributed by atoms with van der Waals surface area (Å²) in [6.45, 7) is 2.87. The van der Waals surface area contributed by atoms with E-state index in [9.17, 15) is 8.42 Å². The molecule has 132 valence electrons. The van der Waals surface area contributed by atoms with Crippen molar-refractivity contribution < 1.29 is 13.2 Å². The lowest BCUT2D eigenvalue weighted by Gasteiger charge is -2.32. The maximum Gasteiger partial charge on any atom is 0.208 e. The fraction of sp³-hybridized carbons (Fsp3) is 0.389. The van der Waals surface area contributed by atoms with E-state index in [1.807, 2.05) is 0 Å². The van der Waals surface area contributed by atoms with E-state index in [4.69, 9.17) is 4.74 Å². The Morgan fingerprint density at radius 2 is 2.08 bits per heavy atom. The molecule has 6 nitrogen and oxygen atoms in total. The van der Waals surface area contributed by atoms with Gasteiger partial charge in [-0.05, 0) is 36.6 Å². The van der Waals surface area contributed by atoms with Crippen LogP contribution in [-0.2, 0) is 9.84 Å². The van der Waals surface area contributed by atoms with Gasteiger partial charge in [-0.25, -0.2) is 8.42 Å². The number of ether oxygens (including phenoxy) is 1. The van der Waals surface area contributed by atoms with Gasteiger partial charge in [0.15, 0.2) is 0 Å².